The van der Waals surface area contributed by atoms with Crippen LogP contribution in [0.2, 0.25) is 0 Å². The molecule has 2 aromatic rings. The fourth-order valence-corrected chi connectivity index (χ4v) is 2.83. The fraction of sp³-hybridized carbons (Fsp3) is 0.278. The van der Waals surface area contributed by atoms with Gasteiger partial charge in [0.1, 0.15) is 0 Å². The Labute approximate surface area is 137 Å². The minimum absolute atomic E-state index is 0.130. The van der Waals surface area contributed by atoms with Gasteiger partial charge in [0, 0.05) is 11.9 Å². The van der Waals surface area contributed by atoms with Crippen LogP contribution in [0, 0.1) is 0 Å². The predicted octanol–water partition coefficient (Wildman–Crippen LogP) is 3.39. The van der Waals surface area contributed by atoms with Gasteiger partial charge in [-0.05, 0) is 41.3 Å². The summed E-state index contributed by atoms with van der Waals surface area (Å²) in [5.74, 6) is 0.334. The van der Waals surface area contributed by atoms with Crippen LogP contribution in [-0.4, -0.2) is 20.6 Å². The third kappa shape index (κ3) is 4.93. The van der Waals surface area contributed by atoms with Gasteiger partial charge in [-0.15, -0.1) is 0 Å². The van der Waals surface area contributed by atoms with Gasteiger partial charge in [0.15, 0.2) is 9.84 Å². The molecule has 0 aromatic heterocycles. The third-order valence-corrected chi connectivity index (χ3v) is 4.71. The third-order valence-electron chi connectivity index (χ3n) is 3.58. The monoisotopic (exact) mass is 331 g/mol. The lowest BCUT2D eigenvalue weighted by atomic mass is 10.0. The molecule has 0 aliphatic heterocycles. The smallest absolute Gasteiger partial charge is 0.228 e. The van der Waals surface area contributed by atoms with Crippen LogP contribution in [0.15, 0.2) is 53.4 Å². The molecule has 0 radical (unpaired) electrons. The molecule has 0 saturated heterocycles. The molecule has 0 bridgehead atoms. The lowest BCUT2D eigenvalue weighted by Crippen LogP contribution is -2.14. The van der Waals surface area contributed by atoms with Crippen molar-refractivity contribution in [2.24, 2.45) is 0 Å². The van der Waals surface area contributed by atoms with E-state index in [1.165, 1.54) is 17.7 Å². The van der Waals surface area contributed by atoms with E-state index in [0.717, 1.165) is 11.8 Å². The van der Waals surface area contributed by atoms with E-state index in [4.69, 9.17) is 0 Å². The molecule has 0 atom stereocenters. The SMILES string of the molecule is CC(C)c1ccc(CC(=O)Nc2ccc(S(C)(=O)=O)cc2)cc1. The summed E-state index contributed by atoms with van der Waals surface area (Å²) in [5.41, 5.74) is 2.77. The van der Waals surface area contributed by atoms with Gasteiger partial charge in [0.2, 0.25) is 5.91 Å². The number of amides is 1. The van der Waals surface area contributed by atoms with E-state index in [1.54, 1.807) is 12.1 Å². The highest BCUT2D eigenvalue weighted by Gasteiger charge is 2.08. The summed E-state index contributed by atoms with van der Waals surface area (Å²) in [6.45, 7) is 4.25. The second-order valence-electron chi connectivity index (χ2n) is 5.92. The number of sulfone groups is 1. The molecule has 0 saturated carbocycles. The number of carbonyl (C=O) groups is 1. The average molecular weight is 331 g/mol. The lowest BCUT2D eigenvalue weighted by molar-refractivity contribution is -0.115. The van der Waals surface area contributed by atoms with Crippen LogP contribution < -0.4 is 5.32 Å². The van der Waals surface area contributed by atoms with Crippen molar-refractivity contribution >= 4 is 21.4 Å². The molecule has 0 aliphatic carbocycles. The molecule has 122 valence electrons. The number of rotatable bonds is 5. The van der Waals surface area contributed by atoms with Crippen molar-refractivity contribution in [2.75, 3.05) is 11.6 Å². The zero-order chi connectivity index (χ0) is 17.0. The van der Waals surface area contributed by atoms with Gasteiger partial charge in [-0.3, -0.25) is 4.79 Å². The van der Waals surface area contributed by atoms with Crippen molar-refractivity contribution in [3.8, 4) is 0 Å². The first-order valence-electron chi connectivity index (χ1n) is 7.44. The quantitative estimate of drug-likeness (QED) is 0.913. The molecule has 23 heavy (non-hydrogen) atoms. The van der Waals surface area contributed by atoms with Crippen molar-refractivity contribution in [1.29, 1.82) is 0 Å². The Morgan fingerprint density at radius 3 is 2.04 bits per heavy atom. The Kier molecular flexibility index (Phi) is 5.21. The highest BCUT2D eigenvalue weighted by atomic mass is 32.2. The molecule has 0 heterocycles. The zero-order valence-corrected chi connectivity index (χ0v) is 14.4. The fourth-order valence-electron chi connectivity index (χ4n) is 2.20. The number of benzene rings is 2. The van der Waals surface area contributed by atoms with Gasteiger partial charge in [0.25, 0.3) is 0 Å². The number of nitrogens with one attached hydrogen (secondary N) is 1. The van der Waals surface area contributed by atoms with Crippen LogP contribution >= 0.6 is 0 Å². The Morgan fingerprint density at radius 1 is 1.00 bits per heavy atom. The minimum atomic E-state index is -3.22. The summed E-state index contributed by atoms with van der Waals surface area (Å²) in [5, 5.41) is 2.77. The highest BCUT2D eigenvalue weighted by molar-refractivity contribution is 7.90. The van der Waals surface area contributed by atoms with E-state index < -0.39 is 9.84 Å². The maximum atomic E-state index is 12.1. The number of hydrogen-bond acceptors (Lipinski definition) is 3. The standard InChI is InChI=1S/C18H21NO3S/c1-13(2)15-6-4-14(5-7-15)12-18(20)19-16-8-10-17(11-9-16)23(3,21)22/h4-11,13H,12H2,1-3H3,(H,19,20). The van der Waals surface area contributed by atoms with Gasteiger partial charge < -0.3 is 5.32 Å². The van der Waals surface area contributed by atoms with Crippen LogP contribution in [0.1, 0.15) is 30.9 Å². The molecular weight excluding hydrogens is 310 g/mol. The first-order chi connectivity index (χ1) is 10.8. The normalized spacial score (nSPS) is 11.5. The van der Waals surface area contributed by atoms with Crippen LogP contribution in [-0.2, 0) is 21.1 Å². The second-order valence-corrected chi connectivity index (χ2v) is 7.93. The number of anilines is 1. The number of hydrogen-bond donors (Lipinski definition) is 1. The van der Waals surface area contributed by atoms with E-state index in [1.807, 2.05) is 24.3 Å². The van der Waals surface area contributed by atoms with Crippen LogP contribution in [0.4, 0.5) is 5.69 Å². The predicted molar refractivity (Wildman–Crippen MR) is 92.4 cm³/mol. The van der Waals surface area contributed by atoms with Gasteiger partial charge >= 0.3 is 0 Å². The van der Waals surface area contributed by atoms with E-state index in [2.05, 4.69) is 19.2 Å². The van der Waals surface area contributed by atoms with Gasteiger partial charge in [0.05, 0.1) is 11.3 Å². The van der Waals surface area contributed by atoms with Crippen molar-refractivity contribution < 1.29 is 13.2 Å². The maximum Gasteiger partial charge on any atom is 0.228 e. The number of carbonyl (C=O) groups excluding carboxylic acids is 1. The summed E-state index contributed by atoms with van der Waals surface area (Å²) < 4.78 is 22.8. The van der Waals surface area contributed by atoms with E-state index >= 15 is 0 Å². The molecule has 2 rings (SSSR count). The second kappa shape index (κ2) is 6.96. The van der Waals surface area contributed by atoms with Gasteiger partial charge in [-0.25, -0.2) is 8.42 Å². The van der Waals surface area contributed by atoms with Crippen LogP contribution in [0.3, 0.4) is 0 Å². The minimum Gasteiger partial charge on any atom is -0.326 e. The Morgan fingerprint density at radius 2 is 1.57 bits per heavy atom. The maximum absolute atomic E-state index is 12.1. The summed E-state index contributed by atoms with van der Waals surface area (Å²) in [6, 6.07) is 14.2. The molecule has 2 aromatic carbocycles. The van der Waals surface area contributed by atoms with Crippen molar-refractivity contribution in [3.05, 3.63) is 59.7 Å². The molecule has 0 unspecified atom stereocenters. The Bertz CT molecular complexity index is 776. The first kappa shape index (κ1) is 17.2. The molecule has 4 nitrogen and oxygen atoms in total. The Hall–Kier alpha value is -2.14. The molecule has 0 aliphatic rings. The largest absolute Gasteiger partial charge is 0.326 e. The zero-order valence-electron chi connectivity index (χ0n) is 13.5. The molecule has 5 heteroatoms. The molecule has 1 amide bonds. The van der Waals surface area contributed by atoms with Gasteiger partial charge in [-0.2, -0.15) is 0 Å². The van der Waals surface area contributed by atoms with E-state index in [0.29, 0.717) is 11.6 Å². The van der Waals surface area contributed by atoms with Gasteiger partial charge in [-0.1, -0.05) is 38.1 Å². The highest BCUT2D eigenvalue weighted by Crippen LogP contribution is 2.16. The van der Waals surface area contributed by atoms with Crippen LogP contribution in [0.5, 0.6) is 0 Å². The van der Waals surface area contributed by atoms with E-state index in [-0.39, 0.29) is 17.2 Å². The summed E-state index contributed by atoms with van der Waals surface area (Å²) in [6.07, 6.45) is 1.44. The summed E-state index contributed by atoms with van der Waals surface area (Å²) in [4.78, 5) is 12.3. The molecular formula is C18H21NO3S. The molecule has 0 fully saturated rings. The first-order valence-corrected chi connectivity index (χ1v) is 9.33. The van der Waals surface area contributed by atoms with Crippen LogP contribution in [0.25, 0.3) is 0 Å². The summed E-state index contributed by atoms with van der Waals surface area (Å²) >= 11 is 0. The topological polar surface area (TPSA) is 63.2 Å². The average Bonchev–Trinajstić information content (AvgIpc) is 2.47. The van der Waals surface area contributed by atoms with E-state index in [9.17, 15) is 13.2 Å². The van der Waals surface area contributed by atoms with Crippen molar-refractivity contribution in [1.82, 2.24) is 0 Å². The molecule has 1 N–H and O–H groups in total. The lowest BCUT2D eigenvalue weighted by Gasteiger charge is -2.08. The summed E-state index contributed by atoms with van der Waals surface area (Å²) in [7, 11) is -3.22. The van der Waals surface area contributed by atoms with Crippen molar-refractivity contribution in [3.63, 3.8) is 0 Å². The molecule has 0 spiro atoms. The Balaban J connectivity index is 1.99. The van der Waals surface area contributed by atoms with Crippen molar-refractivity contribution in [2.45, 2.75) is 31.1 Å².